The molecule has 0 aliphatic carbocycles. The van der Waals surface area contributed by atoms with Gasteiger partial charge in [0.25, 0.3) is 11.6 Å². The first-order chi connectivity index (χ1) is 11.5. The zero-order valence-electron chi connectivity index (χ0n) is 13.3. The molecule has 0 saturated heterocycles. The maximum atomic E-state index is 12.5. The molecule has 1 amide bonds. The summed E-state index contributed by atoms with van der Waals surface area (Å²) in [7, 11) is 1.58. The fourth-order valence-corrected chi connectivity index (χ4v) is 2.50. The Labute approximate surface area is 144 Å². The second kappa shape index (κ2) is 7.79. The lowest BCUT2D eigenvalue weighted by Gasteiger charge is -2.18. The van der Waals surface area contributed by atoms with E-state index >= 15 is 0 Å². The van der Waals surface area contributed by atoms with Crippen LogP contribution in [0.4, 0.5) is 5.69 Å². The molecule has 0 aliphatic rings. The quantitative estimate of drug-likeness (QED) is 0.628. The minimum atomic E-state index is -0.562. The van der Waals surface area contributed by atoms with Crippen LogP contribution in [0.15, 0.2) is 42.5 Å². The third-order valence-electron chi connectivity index (χ3n) is 3.64. The van der Waals surface area contributed by atoms with Crippen molar-refractivity contribution in [1.82, 2.24) is 5.32 Å². The number of halogens is 1. The molecular formula is C17H17ClN2O4. The van der Waals surface area contributed by atoms with Gasteiger partial charge in [-0.3, -0.25) is 14.9 Å². The molecule has 2 rings (SSSR count). The highest BCUT2D eigenvalue weighted by atomic mass is 35.5. The number of benzene rings is 2. The molecule has 0 heterocycles. The van der Waals surface area contributed by atoms with Crippen LogP contribution < -0.4 is 10.1 Å². The molecule has 7 heteroatoms. The lowest BCUT2D eigenvalue weighted by Crippen LogP contribution is -2.28. The van der Waals surface area contributed by atoms with E-state index in [4.69, 9.17) is 16.3 Å². The molecule has 1 N–H and O–H groups in total. The molecule has 0 spiro atoms. The van der Waals surface area contributed by atoms with E-state index in [0.717, 1.165) is 11.3 Å². The van der Waals surface area contributed by atoms with Gasteiger partial charge in [0.15, 0.2) is 0 Å². The van der Waals surface area contributed by atoms with E-state index in [-0.39, 0.29) is 22.3 Å². The molecule has 0 radical (unpaired) electrons. The Hall–Kier alpha value is -2.60. The van der Waals surface area contributed by atoms with E-state index in [0.29, 0.717) is 6.42 Å². The van der Waals surface area contributed by atoms with Gasteiger partial charge in [-0.2, -0.15) is 0 Å². The molecule has 2 aromatic carbocycles. The van der Waals surface area contributed by atoms with Gasteiger partial charge >= 0.3 is 0 Å². The Bertz CT molecular complexity index is 747. The van der Waals surface area contributed by atoms with Crippen molar-refractivity contribution in [2.75, 3.05) is 7.11 Å². The van der Waals surface area contributed by atoms with Crippen LogP contribution >= 0.6 is 11.6 Å². The normalized spacial score (nSPS) is 11.6. The maximum Gasteiger partial charge on any atom is 0.270 e. The van der Waals surface area contributed by atoms with Crippen LogP contribution in [0, 0.1) is 10.1 Å². The third-order valence-corrected chi connectivity index (χ3v) is 3.97. The van der Waals surface area contributed by atoms with Gasteiger partial charge in [0.05, 0.1) is 28.7 Å². The molecule has 6 nitrogen and oxygen atoms in total. The summed E-state index contributed by atoms with van der Waals surface area (Å²) in [6.07, 6.45) is 0.657. The Morgan fingerprint density at radius 1 is 1.29 bits per heavy atom. The summed E-state index contributed by atoms with van der Waals surface area (Å²) in [5.74, 6) is 0.271. The monoisotopic (exact) mass is 348 g/mol. The number of non-ortho nitro benzene ring substituents is 1. The van der Waals surface area contributed by atoms with Gasteiger partial charge in [-0.1, -0.05) is 30.7 Å². The Morgan fingerprint density at radius 3 is 2.50 bits per heavy atom. The van der Waals surface area contributed by atoms with Crippen molar-refractivity contribution in [2.24, 2.45) is 0 Å². The van der Waals surface area contributed by atoms with Crippen LogP contribution in [0.25, 0.3) is 0 Å². The van der Waals surface area contributed by atoms with Gasteiger partial charge in [0.2, 0.25) is 0 Å². The number of nitro groups is 1. The summed E-state index contributed by atoms with van der Waals surface area (Å²) in [5.41, 5.74) is 0.813. The van der Waals surface area contributed by atoms with E-state index in [2.05, 4.69) is 5.32 Å². The first kappa shape index (κ1) is 17.7. The van der Waals surface area contributed by atoms with Gasteiger partial charge in [-0.05, 0) is 30.2 Å². The van der Waals surface area contributed by atoms with E-state index in [1.165, 1.54) is 18.2 Å². The van der Waals surface area contributed by atoms with Crippen molar-refractivity contribution in [3.63, 3.8) is 0 Å². The van der Waals surface area contributed by atoms with E-state index in [1.54, 1.807) is 7.11 Å². The van der Waals surface area contributed by atoms with E-state index in [9.17, 15) is 14.9 Å². The highest BCUT2D eigenvalue weighted by Crippen LogP contribution is 2.24. The molecule has 0 aliphatic heterocycles. The van der Waals surface area contributed by atoms with Crippen molar-refractivity contribution in [2.45, 2.75) is 19.4 Å². The minimum absolute atomic E-state index is 0.0813. The summed E-state index contributed by atoms with van der Waals surface area (Å²) < 4.78 is 5.12. The number of nitrogens with zero attached hydrogens (tertiary/aromatic N) is 1. The number of carbonyl (C=O) groups is 1. The number of hydrogen-bond acceptors (Lipinski definition) is 4. The molecule has 24 heavy (non-hydrogen) atoms. The Balaban J connectivity index is 2.22. The van der Waals surface area contributed by atoms with Crippen LogP contribution in [0.2, 0.25) is 5.02 Å². The number of nitro benzene ring substituents is 1. The average Bonchev–Trinajstić information content (AvgIpc) is 2.59. The molecule has 2 aromatic rings. The van der Waals surface area contributed by atoms with Crippen LogP contribution in [0.5, 0.6) is 5.75 Å². The van der Waals surface area contributed by atoms with Crippen molar-refractivity contribution in [1.29, 1.82) is 0 Å². The second-order valence-electron chi connectivity index (χ2n) is 5.13. The fourth-order valence-electron chi connectivity index (χ4n) is 2.29. The van der Waals surface area contributed by atoms with Gasteiger partial charge in [-0.15, -0.1) is 0 Å². The predicted molar refractivity (Wildman–Crippen MR) is 91.6 cm³/mol. The smallest absolute Gasteiger partial charge is 0.270 e. The summed E-state index contributed by atoms with van der Waals surface area (Å²) in [5, 5.41) is 13.9. The van der Waals surface area contributed by atoms with Crippen LogP contribution in [-0.4, -0.2) is 17.9 Å². The van der Waals surface area contributed by atoms with Crippen molar-refractivity contribution < 1.29 is 14.5 Å². The lowest BCUT2D eigenvalue weighted by atomic mass is 10.0. The maximum absolute atomic E-state index is 12.5. The molecule has 1 atom stereocenters. The summed E-state index contributed by atoms with van der Waals surface area (Å²) in [6, 6.07) is 10.9. The predicted octanol–water partition coefficient (Wildman–Crippen LogP) is 4.14. The number of ether oxygens (including phenoxy) is 1. The molecule has 0 bridgehead atoms. The van der Waals surface area contributed by atoms with Crippen LogP contribution in [0.3, 0.4) is 0 Å². The Kier molecular flexibility index (Phi) is 5.76. The Morgan fingerprint density at radius 2 is 1.96 bits per heavy atom. The summed E-state index contributed by atoms with van der Waals surface area (Å²) >= 11 is 6.01. The summed E-state index contributed by atoms with van der Waals surface area (Å²) in [4.78, 5) is 22.8. The van der Waals surface area contributed by atoms with Crippen molar-refractivity contribution in [3.8, 4) is 5.75 Å². The number of nitrogens with one attached hydrogen (secondary N) is 1. The first-order valence-electron chi connectivity index (χ1n) is 7.35. The number of carbonyl (C=O) groups excluding carboxylic acids is 1. The number of methoxy groups -OCH3 is 1. The molecule has 0 aromatic heterocycles. The van der Waals surface area contributed by atoms with Gasteiger partial charge in [-0.25, -0.2) is 0 Å². The summed E-state index contributed by atoms with van der Waals surface area (Å²) in [6.45, 7) is 1.93. The second-order valence-corrected chi connectivity index (χ2v) is 5.54. The van der Waals surface area contributed by atoms with Crippen molar-refractivity contribution >= 4 is 23.2 Å². The SMILES string of the molecule is CC[C@@H](NC(=O)c1cc([N+](=O)[O-])ccc1Cl)c1ccc(OC)cc1. The number of amides is 1. The highest BCUT2D eigenvalue weighted by molar-refractivity contribution is 6.33. The standard InChI is InChI=1S/C17H17ClN2O4/c1-3-16(11-4-7-13(24-2)8-5-11)19-17(21)14-10-12(20(22)23)6-9-15(14)18/h4-10,16H,3H2,1-2H3,(H,19,21)/t16-/m1/s1. The molecule has 126 valence electrons. The topological polar surface area (TPSA) is 81.5 Å². The van der Waals surface area contributed by atoms with Crippen LogP contribution in [0.1, 0.15) is 35.3 Å². The van der Waals surface area contributed by atoms with Gasteiger partial charge in [0.1, 0.15) is 5.75 Å². The van der Waals surface area contributed by atoms with E-state index in [1.807, 2.05) is 31.2 Å². The lowest BCUT2D eigenvalue weighted by molar-refractivity contribution is -0.384. The molecular weight excluding hydrogens is 332 g/mol. The third kappa shape index (κ3) is 4.02. The fraction of sp³-hybridized carbons (Fsp3) is 0.235. The minimum Gasteiger partial charge on any atom is -0.497 e. The average molecular weight is 349 g/mol. The zero-order valence-corrected chi connectivity index (χ0v) is 14.0. The molecule has 0 saturated carbocycles. The van der Waals surface area contributed by atoms with Gasteiger partial charge in [0, 0.05) is 12.1 Å². The molecule has 0 unspecified atom stereocenters. The largest absolute Gasteiger partial charge is 0.497 e. The number of hydrogen-bond donors (Lipinski definition) is 1. The number of rotatable bonds is 6. The van der Waals surface area contributed by atoms with E-state index < -0.39 is 10.8 Å². The van der Waals surface area contributed by atoms with Crippen LogP contribution in [-0.2, 0) is 0 Å². The first-order valence-corrected chi connectivity index (χ1v) is 7.72. The van der Waals surface area contributed by atoms with Gasteiger partial charge < -0.3 is 10.1 Å². The molecule has 0 fully saturated rings. The zero-order chi connectivity index (χ0) is 17.7. The highest BCUT2D eigenvalue weighted by Gasteiger charge is 2.19. The van der Waals surface area contributed by atoms with Crippen molar-refractivity contribution in [3.05, 3.63) is 68.7 Å².